The van der Waals surface area contributed by atoms with Crippen LogP contribution in [0.25, 0.3) is 0 Å². The normalized spacial score (nSPS) is 13.4. The molecule has 0 saturated heterocycles. The van der Waals surface area contributed by atoms with E-state index < -0.39 is 17.8 Å². The molecule has 0 bridgehead atoms. The molecular formula is C28H25ClN2O4S. The number of nitrogens with zero attached hydrogens (tertiary/aromatic N) is 1. The summed E-state index contributed by atoms with van der Waals surface area (Å²) in [7, 11) is 0. The molecule has 184 valence electrons. The average molecular weight is 521 g/mol. The highest BCUT2D eigenvalue weighted by Crippen LogP contribution is 2.38. The van der Waals surface area contributed by atoms with Crippen LogP contribution in [0.3, 0.4) is 0 Å². The van der Waals surface area contributed by atoms with Crippen molar-refractivity contribution in [3.05, 3.63) is 99.0 Å². The van der Waals surface area contributed by atoms with Gasteiger partial charge in [-0.05, 0) is 74.4 Å². The van der Waals surface area contributed by atoms with Crippen molar-refractivity contribution in [2.75, 3.05) is 16.8 Å². The van der Waals surface area contributed by atoms with Crippen molar-refractivity contribution in [1.82, 2.24) is 0 Å². The second kappa shape index (κ2) is 11.0. The predicted octanol–water partition coefficient (Wildman–Crippen LogP) is 6.51. The summed E-state index contributed by atoms with van der Waals surface area (Å²) in [4.78, 5) is 41.4. The number of esters is 1. The molecule has 0 radical (unpaired) electrons. The topological polar surface area (TPSA) is 75.7 Å². The van der Waals surface area contributed by atoms with Gasteiger partial charge in [-0.3, -0.25) is 9.59 Å². The largest absolute Gasteiger partial charge is 0.462 e. The number of carbonyl (C=O) groups is 3. The molecule has 0 spiro atoms. The van der Waals surface area contributed by atoms with Crippen LogP contribution < -0.4 is 10.2 Å². The summed E-state index contributed by atoms with van der Waals surface area (Å²) in [6.45, 7) is 6.11. The smallest absolute Gasteiger partial charge is 0.338 e. The zero-order valence-electron chi connectivity index (χ0n) is 20.1. The van der Waals surface area contributed by atoms with Crippen molar-refractivity contribution in [1.29, 1.82) is 0 Å². The number of nitrogens with one attached hydrogen (secondary N) is 1. The van der Waals surface area contributed by atoms with Gasteiger partial charge in [0.15, 0.2) is 0 Å². The van der Waals surface area contributed by atoms with Gasteiger partial charge in [0, 0.05) is 15.6 Å². The van der Waals surface area contributed by atoms with Crippen molar-refractivity contribution >= 4 is 52.5 Å². The maximum absolute atomic E-state index is 13.5. The number of anilines is 2. The molecule has 1 aliphatic rings. The number of carbonyl (C=O) groups excluding carboxylic acids is 3. The molecular weight excluding hydrogens is 496 g/mol. The third-order valence-electron chi connectivity index (χ3n) is 5.52. The van der Waals surface area contributed by atoms with E-state index in [1.54, 1.807) is 36.4 Å². The number of aryl methyl sites for hydroxylation is 2. The Hall–Kier alpha value is -3.55. The molecule has 3 aromatic rings. The van der Waals surface area contributed by atoms with Crippen LogP contribution in [0.1, 0.15) is 34.8 Å². The number of amides is 2. The van der Waals surface area contributed by atoms with E-state index in [1.807, 2.05) is 51.1 Å². The Kier molecular flexibility index (Phi) is 7.82. The molecule has 0 saturated carbocycles. The highest BCUT2D eigenvalue weighted by atomic mass is 35.5. The van der Waals surface area contributed by atoms with Crippen LogP contribution in [0, 0.1) is 13.8 Å². The van der Waals surface area contributed by atoms with Gasteiger partial charge in [-0.2, -0.15) is 0 Å². The van der Waals surface area contributed by atoms with Crippen LogP contribution in [0.5, 0.6) is 0 Å². The number of ether oxygens (including phenoxy) is 1. The average Bonchev–Trinajstić information content (AvgIpc) is 3.10. The summed E-state index contributed by atoms with van der Waals surface area (Å²) in [5, 5.41) is 3.66. The van der Waals surface area contributed by atoms with Gasteiger partial charge < -0.3 is 10.1 Å². The van der Waals surface area contributed by atoms with Gasteiger partial charge in [0.2, 0.25) is 0 Å². The fourth-order valence-electron chi connectivity index (χ4n) is 3.51. The molecule has 1 aliphatic heterocycles. The monoisotopic (exact) mass is 520 g/mol. The fraction of sp³-hybridized carbons (Fsp3) is 0.179. The lowest BCUT2D eigenvalue weighted by molar-refractivity contribution is -0.120. The molecule has 0 aliphatic carbocycles. The lowest BCUT2D eigenvalue weighted by atomic mass is 10.2. The molecule has 0 aromatic heterocycles. The first kappa shape index (κ1) is 25.5. The summed E-state index contributed by atoms with van der Waals surface area (Å²) < 4.78 is 5.16. The molecule has 1 heterocycles. The standard InChI is InChI=1S/C28H25ClN2O4S/c1-4-15-35-28(34)19-8-11-21(12-9-19)31-26(32)24(30-20-10-7-18(3)23(29)16-20)25(27(31)33)36-22-13-5-17(2)6-14-22/h5-14,16,30H,4,15H2,1-3H3. The molecule has 2 amide bonds. The van der Waals surface area contributed by atoms with Gasteiger partial charge in [0.25, 0.3) is 11.8 Å². The predicted molar refractivity (Wildman–Crippen MR) is 143 cm³/mol. The van der Waals surface area contributed by atoms with Crippen LogP contribution in [-0.2, 0) is 14.3 Å². The number of hydrogen-bond donors (Lipinski definition) is 1. The second-order valence-electron chi connectivity index (χ2n) is 8.34. The van der Waals surface area contributed by atoms with Crippen molar-refractivity contribution < 1.29 is 19.1 Å². The highest BCUT2D eigenvalue weighted by Gasteiger charge is 2.40. The Bertz CT molecular complexity index is 1350. The van der Waals surface area contributed by atoms with Crippen molar-refractivity contribution in [2.24, 2.45) is 0 Å². The van der Waals surface area contributed by atoms with E-state index >= 15 is 0 Å². The van der Waals surface area contributed by atoms with Crippen molar-refractivity contribution in [3.8, 4) is 0 Å². The first-order valence-electron chi connectivity index (χ1n) is 11.5. The van der Waals surface area contributed by atoms with Gasteiger partial charge >= 0.3 is 5.97 Å². The summed E-state index contributed by atoms with van der Waals surface area (Å²) in [6.07, 6.45) is 0.718. The Morgan fingerprint density at radius 1 is 0.972 bits per heavy atom. The van der Waals surface area contributed by atoms with Gasteiger partial charge in [0.1, 0.15) is 10.6 Å². The maximum Gasteiger partial charge on any atom is 0.338 e. The molecule has 4 rings (SSSR count). The van der Waals surface area contributed by atoms with E-state index in [0.717, 1.165) is 27.3 Å². The Morgan fingerprint density at radius 3 is 2.31 bits per heavy atom. The quantitative estimate of drug-likeness (QED) is 0.269. The number of hydrogen-bond acceptors (Lipinski definition) is 6. The van der Waals surface area contributed by atoms with Crippen molar-refractivity contribution in [3.63, 3.8) is 0 Å². The van der Waals surface area contributed by atoms with E-state index in [4.69, 9.17) is 16.3 Å². The number of rotatable bonds is 8. The number of thioether (sulfide) groups is 1. The summed E-state index contributed by atoms with van der Waals surface area (Å²) >= 11 is 7.50. The molecule has 0 atom stereocenters. The summed E-state index contributed by atoms with van der Waals surface area (Å²) in [5.41, 5.74) is 3.46. The number of imide groups is 1. The molecule has 6 nitrogen and oxygen atoms in total. The Balaban J connectivity index is 1.67. The molecule has 8 heteroatoms. The molecule has 1 N–H and O–H groups in total. The first-order valence-corrected chi connectivity index (χ1v) is 12.7. The second-order valence-corrected chi connectivity index (χ2v) is 9.83. The first-order chi connectivity index (χ1) is 17.3. The van der Waals surface area contributed by atoms with Crippen LogP contribution in [0.4, 0.5) is 11.4 Å². The van der Waals surface area contributed by atoms with E-state index in [0.29, 0.717) is 28.6 Å². The van der Waals surface area contributed by atoms with Gasteiger partial charge in [-0.15, -0.1) is 0 Å². The zero-order chi connectivity index (χ0) is 25.8. The molecule has 3 aromatic carbocycles. The minimum absolute atomic E-state index is 0.164. The number of benzene rings is 3. The lowest BCUT2D eigenvalue weighted by Crippen LogP contribution is -2.32. The van der Waals surface area contributed by atoms with Crippen LogP contribution in [0.15, 0.2) is 82.2 Å². The number of halogens is 1. The van der Waals surface area contributed by atoms with Crippen molar-refractivity contribution in [2.45, 2.75) is 32.1 Å². The maximum atomic E-state index is 13.5. The Morgan fingerprint density at radius 2 is 1.67 bits per heavy atom. The van der Waals surface area contributed by atoms with E-state index in [1.165, 1.54) is 11.8 Å². The fourth-order valence-corrected chi connectivity index (χ4v) is 4.62. The van der Waals surface area contributed by atoms with E-state index in [9.17, 15) is 14.4 Å². The SMILES string of the molecule is CCCOC(=O)c1ccc(N2C(=O)C(Nc3ccc(C)c(Cl)c3)=C(Sc3ccc(C)cc3)C2=O)cc1. The van der Waals surface area contributed by atoms with E-state index in [-0.39, 0.29) is 10.6 Å². The van der Waals surface area contributed by atoms with Crippen LogP contribution in [0.2, 0.25) is 5.02 Å². The van der Waals surface area contributed by atoms with Gasteiger partial charge in [-0.1, -0.05) is 54.0 Å². The van der Waals surface area contributed by atoms with Crippen LogP contribution >= 0.6 is 23.4 Å². The lowest BCUT2D eigenvalue weighted by Gasteiger charge is -2.16. The summed E-state index contributed by atoms with van der Waals surface area (Å²) in [6, 6.07) is 19.3. The van der Waals surface area contributed by atoms with E-state index in [2.05, 4.69) is 5.32 Å². The third-order valence-corrected chi connectivity index (χ3v) is 7.02. The third kappa shape index (κ3) is 5.48. The van der Waals surface area contributed by atoms with Gasteiger partial charge in [-0.25, -0.2) is 9.69 Å². The zero-order valence-corrected chi connectivity index (χ0v) is 21.7. The molecule has 0 fully saturated rings. The highest BCUT2D eigenvalue weighted by molar-refractivity contribution is 8.04. The molecule has 0 unspecified atom stereocenters. The van der Waals surface area contributed by atoms with Gasteiger partial charge in [0.05, 0.1) is 17.9 Å². The minimum Gasteiger partial charge on any atom is -0.462 e. The summed E-state index contributed by atoms with van der Waals surface area (Å²) in [5.74, 6) is -1.39. The Labute approximate surface area is 219 Å². The molecule has 36 heavy (non-hydrogen) atoms. The minimum atomic E-state index is -0.493. The van der Waals surface area contributed by atoms with Crippen LogP contribution in [-0.4, -0.2) is 24.4 Å².